The third-order valence-electron chi connectivity index (χ3n) is 3.51. The van der Waals surface area contributed by atoms with Crippen LogP contribution < -0.4 is 16.8 Å². The number of carbonyl (C=O) groups excluding carboxylic acids is 1. The first-order valence-corrected chi connectivity index (χ1v) is 6.29. The smallest absolute Gasteiger partial charge is 0.228 e. The fraction of sp³-hybridized carbons (Fsp3) is 0.500. The summed E-state index contributed by atoms with van der Waals surface area (Å²) in [6, 6.07) is 5.92. The number of nitrogens with two attached hydrogens (primary N) is 2. The Hall–Kier alpha value is -1.39. The van der Waals surface area contributed by atoms with Crippen molar-refractivity contribution in [2.45, 2.75) is 32.7 Å². The zero-order valence-electron chi connectivity index (χ0n) is 11.0. The van der Waals surface area contributed by atoms with E-state index in [4.69, 9.17) is 11.5 Å². The standard InChI is InChI=1S/C14H21N3O/c1-14(2,8-15)7-11(16)9-3-4-12-10(5-9)6-13(18)17-12/h3-5,11H,6-8,15-16H2,1-2H3,(H,17,18). The maximum Gasteiger partial charge on any atom is 0.228 e. The molecule has 1 unspecified atom stereocenters. The highest BCUT2D eigenvalue weighted by atomic mass is 16.1. The van der Waals surface area contributed by atoms with Gasteiger partial charge in [-0.05, 0) is 35.6 Å². The predicted octanol–water partition coefficient (Wildman–Crippen LogP) is 1.56. The first-order chi connectivity index (χ1) is 8.41. The summed E-state index contributed by atoms with van der Waals surface area (Å²) in [5.41, 5.74) is 15.0. The summed E-state index contributed by atoms with van der Waals surface area (Å²) < 4.78 is 0. The Morgan fingerprint density at radius 2 is 2.17 bits per heavy atom. The molecule has 0 bridgehead atoms. The minimum absolute atomic E-state index is 0.0342. The van der Waals surface area contributed by atoms with E-state index in [9.17, 15) is 4.79 Å². The number of carbonyl (C=O) groups is 1. The predicted molar refractivity (Wildman–Crippen MR) is 73.2 cm³/mol. The molecule has 5 N–H and O–H groups in total. The van der Waals surface area contributed by atoms with Gasteiger partial charge in [-0.25, -0.2) is 0 Å². The van der Waals surface area contributed by atoms with E-state index < -0.39 is 0 Å². The molecule has 0 aliphatic carbocycles. The molecule has 0 radical (unpaired) electrons. The van der Waals surface area contributed by atoms with Crippen LogP contribution in [0.3, 0.4) is 0 Å². The Morgan fingerprint density at radius 1 is 1.44 bits per heavy atom. The van der Waals surface area contributed by atoms with Crippen molar-refractivity contribution in [2.75, 3.05) is 11.9 Å². The van der Waals surface area contributed by atoms with Crippen molar-refractivity contribution in [1.82, 2.24) is 0 Å². The monoisotopic (exact) mass is 247 g/mol. The molecule has 0 spiro atoms. The van der Waals surface area contributed by atoms with E-state index in [1.165, 1.54) is 0 Å². The lowest BCUT2D eigenvalue weighted by atomic mass is 9.83. The molecule has 1 amide bonds. The number of rotatable bonds is 4. The molecule has 1 aromatic rings. The third-order valence-corrected chi connectivity index (χ3v) is 3.51. The zero-order valence-corrected chi connectivity index (χ0v) is 11.0. The maximum absolute atomic E-state index is 11.3. The maximum atomic E-state index is 11.3. The lowest BCUT2D eigenvalue weighted by Crippen LogP contribution is -2.28. The molecular formula is C14H21N3O. The first kappa shape index (κ1) is 13.1. The quantitative estimate of drug-likeness (QED) is 0.755. The molecule has 4 nitrogen and oxygen atoms in total. The van der Waals surface area contributed by atoms with Gasteiger partial charge in [0, 0.05) is 11.7 Å². The van der Waals surface area contributed by atoms with Crippen LogP contribution in [-0.4, -0.2) is 12.5 Å². The Labute approximate surface area is 108 Å². The van der Waals surface area contributed by atoms with Crippen LogP contribution in [0.4, 0.5) is 5.69 Å². The first-order valence-electron chi connectivity index (χ1n) is 6.29. The minimum atomic E-state index is -0.0375. The van der Waals surface area contributed by atoms with Crippen molar-refractivity contribution >= 4 is 11.6 Å². The number of anilines is 1. The van der Waals surface area contributed by atoms with Gasteiger partial charge in [0.25, 0.3) is 0 Å². The highest BCUT2D eigenvalue weighted by Crippen LogP contribution is 2.31. The van der Waals surface area contributed by atoms with Crippen LogP contribution in [0.15, 0.2) is 18.2 Å². The van der Waals surface area contributed by atoms with Gasteiger partial charge >= 0.3 is 0 Å². The van der Waals surface area contributed by atoms with Gasteiger partial charge in [-0.1, -0.05) is 26.0 Å². The molecule has 1 aliphatic heterocycles. The van der Waals surface area contributed by atoms with Crippen LogP contribution in [0.5, 0.6) is 0 Å². The van der Waals surface area contributed by atoms with E-state index >= 15 is 0 Å². The van der Waals surface area contributed by atoms with E-state index in [1.807, 2.05) is 18.2 Å². The molecule has 2 rings (SSSR count). The lowest BCUT2D eigenvalue weighted by Gasteiger charge is -2.26. The highest BCUT2D eigenvalue weighted by Gasteiger charge is 2.23. The fourth-order valence-electron chi connectivity index (χ4n) is 2.28. The van der Waals surface area contributed by atoms with Crippen LogP contribution >= 0.6 is 0 Å². The van der Waals surface area contributed by atoms with Gasteiger partial charge in [0.2, 0.25) is 5.91 Å². The van der Waals surface area contributed by atoms with Gasteiger partial charge in [-0.15, -0.1) is 0 Å². The van der Waals surface area contributed by atoms with E-state index in [2.05, 4.69) is 19.2 Å². The molecule has 1 aromatic carbocycles. The average molecular weight is 247 g/mol. The van der Waals surface area contributed by atoms with Crippen molar-refractivity contribution in [3.8, 4) is 0 Å². The fourth-order valence-corrected chi connectivity index (χ4v) is 2.28. The van der Waals surface area contributed by atoms with E-state index in [0.29, 0.717) is 13.0 Å². The SMILES string of the molecule is CC(C)(CN)CC(N)c1ccc2c(c1)CC(=O)N2. The molecule has 1 aliphatic rings. The average Bonchev–Trinajstić information content (AvgIpc) is 2.67. The molecule has 0 saturated heterocycles. The van der Waals surface area contributed by atoms with Crippen LogP contribution in [0.25, 0.3) is 0 Å². The third kappa shape index (κ3) is 2.71. The molecule has 0 fully saturated rings. The summed E-state index contributed by atoms with van der Waals surface area (Å²) in [4.78, 5) is 11.3. The van der Waals surface area contributed by atoms with Gasteiger partial charge in [0.1, 0.15) is 0 Å². The van der Waals surface area contributed by atoms with Crippen LogP contribution in [0.1, 0.15) is 37.4 Å². The molecule has 1 heterocycles. The zero-order chi connectivity index (χ0) is 13.3. The number of nitrogens with one attached hydrogen (secondary N) is 1. The number of benzene rings is 1. The highest BCUT2D eigenvalue weighted by molar-refractivity contribution is 5.99. The Bertz CT molecular complexity index is 468. The van der Waals surface area contributed by atoms with E-state index in [1.54, 1.807) is 0 Å². The van der Waals surface area contributed by atoms with Crippen LogP contribution in [0.2, 0.25) is 0 Å². The summed E-state index contributed by atoms with van der Waals surface area (Å²) in [6.45, 7) is 4.85. The number of hydrogen-bond donors (Lipinski definition) is 3. The Kier molecular flexibility index (Phi) is 3.41. The molecule has 18 heavy (non-hydrogen) atoms. The van der Waals surface area contributed by atoms with Crippen molar-refractivity contribution in [1.29, 1.82) is 0 Å². The van der Waals surface area contributed by atoms with Crippen LogP contribution in [0, 0.1) is 5.41 Å². The Morgan fingerprint density at radius 3 is 2.83 bits per heavy atom. The number of amides is 1. The number of hydrogen-bond acceptors (Lipinski definition) is 3. The summed E-state index contributed by atoms with van der Waals surface area (Å²) in [5, 5.41) is 2.82. The van der Waals surface area contributed by atoms with Gasteiger partial charge in [-0.2, -0.15) is 0 Å². The summed E-state index contributed by atoms with van der Waals surface area (Å²) in [5.74, 6) is 0.0537. The van der Waals surface area contributed by atoms with Gasteiger partial charge in [0.15, 0.2) is 0 Å². The normalized spacial score (nSPS) is 16.3. The molecule has 4 heteroatoms. The summed E-state index contributed by atoms with van der Waals surface area (Å²) in [7, 11) is 0. The largest absolute Gasteiger partial charge is 0.330 e. The summed E-state index contributed by atoms with van der Waals surface area (Å²) in [6.07, 6.45) is 1.29. The van der Waals surface area contributed by atoms with Gasteiger partial charge in [0.05, 0.1) is 6.42 Å². The molecule has 98 valence electrons. The van der Waals surface area contributed by atoms with Crippen molar-refractivity contribution in [3.05, 3.63) is 29.3 Å². The second kappa shape index (κ2) is 4.71. The van der Waals surface area contributed by atoms with Crippen molar-refractivity contribution in [3.63, 3.8) is 0 Å². The lowest BCUT2D eigenvalue weighted by molar-refractivity contribution is -0.115. The molecule has 0 aromatic heterocycles. The molecule has 0 saturated carbocycles. The van der Waals surface area contributed by atoms with E-state index in [0.717, 1.165) is 23.2 Å². The molecule has 1 atom stereocenters. The number of fused-ring (bicyclic) bond motifs is 1. The van der Waals surface area contributed by atoms with Gasteiger partial charge < -0.3 is 16.8 Å². The molecular weight excluding hydrogens is 226 g/mol. The van der Waals surface area contributed by atoms with Gasteiger partial charge in [-0.3, -0.25) is 4.79 Å². The van der Waals surface area contributed by atoms with E-state index in [-0.39, 0.29) is 17.4 Å². The second-order valence-electron chi connectivity index (χ2n) is 5.82. The second-order valence-corrected chi connectivity index (χ2v) is 5.82. The van der Waals surface area contributed by atoms with Crippen molar-refractivity contribution < 1.29 is 4.79 Å². The van der Waals surface area contributed by atoms with Crippen molar-refractivity contribution in [2.24, 2.45) is 16.9 Å². The topological polar surface area (TPSA) is 81.1 Å². The summed E-state index contributed by atoms with van der Waals surface area (Å²) >= 11 is 0. The van der Waals surface area contributed by atoms with Crippen LogP contribution in [-0.2, 0) is 11.2 Å². The Balaban J connectivity index is 2.15. The minimum Gasteiger partial charge on any atom is -0.330 e.